The van der Waals surface area contributed by atoms with Crippen molar-refractivity contribution in [2.24, 2.45) is 0 Å². The summed E-state index contributed by atoms with van der Waals surface area (Å²) in [6.45, 7) is 4.74. The molecular formula is C55H106O17P2. The molecule has 0 saturated heterocycles. The third kappa shape index (κ3) is 49.6. The highest BCUT2D eigenvalue weighted by molar-refractivity contribution is 7.47. The van der Waals surface area contributed by atoms with Crippen LogP contribution in [0.1, 0.15) is 272 Å². The van der Waals surface area contributed by atoms with E-state index in [4.69, 9.17) is 37.0 Å². The van der Waals surface area contributed by atoms with Crippen LogP contribution in [-0.2, 0) is 65.4 Å². The Balaban J connectivity index is 5.20. The molecule has 2 unspecified atom stereocenters. The van der Waals surface area contributed by atoms with Gasteiger partial charge in [0.25, 0.3) is 0 Å². The molecule has 0 heterocycles. The van der Waals surface area contributed by atoms with Gasteiger partial charge in [-0.2, -0.15) is 0 Å². The average Bonchev–Trinajstić information content (AvgIpc) is 3.37. The van der Waals surface area contributed by atoms with E-state index < -0.39 is 97.5 Å². The van der Waals surface area contributed by atoms with E-state index in [1.54, 1.807) is 0 Å². The van der Waals surface area contributed by atoms with Gasteiger partial charge in [0.1, 0.15) is 19.3 Å². The van der Waals surface area contributed by atoms with Crippen LogP contribution in [0.25, 0.3) is 0 Å². The van der Waals surface area contributed by atoms with Crippen LogP contribution in [0, 0.1) is 0 Å². The first-order valence-electron chi connectivity index (χ1n) is 29.3. The topological polar surface area (TPSA) is 237 Å². The first-order chi connectivity index (χ1) is 35.7. The molecule has 3 N–H and O–H groups in total. The summed E-state index contributed by atoms with van der Waals surface area (Å²) in [4.78, 5) is 71.5. The smallest absolute Gasteiger partial charge is 0.462 e. The van der Waals surface area contributed by atoms with Gasteiger partial charge in [-0.05, 0) is 25.7 Å². The molecule has 0 aliphatic heterocycles. The highest BCUT2D eigenvalue weighted by atomic mass is 31.2. The monoisotopic (exact) mass is 1100 g/mol. The van der Waals surface area contributed by atoms with Gasteiger partial charge < -0.3 is 33.8 Å². The van der Waals surface area contributed by atoms with Gasteiger partial charge in [-0.25, -0.2) is 9.13 Å². The lowest BCUT2D eigenvalue weighted by atomic mass is 10.1. The molecule has 0 aliphatic rings. The van der Waals surface area contributed by atoms with Crippen LogP contribution in [-0.4, -0.2) is 96.7 Å². The minimum atomic E-state index is -4.93. The quantitative estimate of drug-likeness (QED) is 0.0222. The van der Waals surface area contributed by atoms with Crippen molar-refractivity contribution in [2.75, 3.05) is 39.6 Å². The van der Waals surface area contributed by atoms with E-state index >= 15 is 0 Å². The fourth-order valence-electron chi connectivity index (χ4n) is 8.04. The Morgan fingerprint density at radius 3 is 0.797 bits per heavy atom. The van der Waals surface area contributed by atoms with Crippen LogP contribution in [0.5, 0.6) is 0 Å². The Labute approximate surface area is 447 Å². The van der Waals surface area contributed by atoms with Crippen LogP contribution in [0.2, 0.25) is 0 Å². The second kappa shape index (κ2) is 50.6. The van der Waals surface area contributed by atoms with E-state index in [1.165, 1.54) is 89.9 Å². The molecule has 74 heavy (non-hydrogen) atoms. The number of esters is 4. The van der Waals surface area contributed by atoms with Crippen LogP contribution < -0.4 is 0 Å². The summed E-state index contributed by atoms with van der Waals surface area (Å²) < 4.78 is 67.4. The number of carbonyl (C=O) groups is 4. The van der Waals surface area contributed by atoms with Crippen molar-refractivity contribution >= 4 is 39.5 Å². The highest BCUT2D eigenvalue weighted by Crippen LogP contribution is 2.45. The van der Waals surface area contributed by atoms with Gasteiger partial charge >= 0.3 is 39.5 Å². The summed E-state index contributed by atoms with van der Waals surface area (Å²) in [5.41, 5.74) is 0. The molecule has 0 fully saturated rings. The van der Waals surface area contributed by atoms with Gasteiger partial charge in [0.05, 0.1) is 26.4 Å². The Kier molecular flexibility index (Phi) is 49.2. The zero-order valence-corrected chi connectivity index (χ0v) is 48.6. The van der Waals surface area contributed by atoms with Gasteiger partial charge in [0.15, 0.2) is 12.2 Å². The van der Waals surface area contributed by atoms with Crippen molar-refractivity contribution in [2.45, 2.75) is 290 Å². The Bertz CT molecular complexity index is 1450. The summed E-state index contributed by atoms with van der Waals surface area (Å²) in [7, 11) is -9.85. The van der Waals surface area contributed by atoms with Crippen molar-refractivity contribution in [3.63, 3.8) is 0 Å². The molecule has 0 aromatic carbocycles. The number of aliphatic hydroxyl groups is 1. The van der Waals surface area contributed by atoms with E-state index in [2.05, 4.69) is 27.7 Å². The normalized spacial score (nSPS) is 14.4. The second-order valence-corrected chi connectivity index (χ2v) is 22.9. The van der Waals surface area contributed by atoms with Gasteiger partial charge in [-0.1, -0.05) is 220 Å². The van der Waals surface area contributed by atoms with Gasteiger partial charge in [0, 0.05) is 25.7 Å². The van der Waals surface area contributed by atoms with E-state index in [1.807, 2.05) is 0 Å². The van der Waals surface area contributed by atoms with Crippen LogP contribution >= 0.6 is 15.6 Å². The number of carbonyl (C=O) groups excluding carboxylic acids is 4. The third-order valence-electron chi connectivity index (χ3n) is 12.6. The van der Waals surface area contributed by atoms with Gasteiger partial charge in [-0.15, -0.1) is 0 Å². The maximum atomic E-state index is 12.9. The van der Waals surface area contributed by atoms with E-state index in [9.17, 15) is 43.2 Å². The van der Waals surface area contributed by atoms with Crippen molar-refractivity contribution < 1.29 is 80.2 Å². The standard InChI is InChI=1S/C55H106O17P2/c1-5-9-13-17-21-25-29-32-36-40-53(58)66-46-51(72-55(60)42-38-34-30-26-22-18-14-10-6-2)48-70-74(63,64)68-44-49(56)43-67-73(61,62)69-47-50(71-54(59)41-37-33-28-24-20-16-12-8-4)45-65-52(57)39-35-31-27-23-19-15-11-7-3/h49-51,56H,5-48H2,1-4H3,(H,61,62)(H,63,64)/t49-,50+,51+/m0/s1. The zero-order chi connectivity index (χ0) is 54.8. The fourth-order valence-corrected chi connectivity index (χ4v) is 9.62. The van der Waals surface area contributed by atoms with Crippen LogP contribution in [0.15, 0.2) is 0 Å². The minimum absolute atomic E-state index is 0.105. The summed E-state index contributed by atoms with van der Waals surface area (Å²) in [5, 5.41) is 10.5. The number of ether oxygens (including phenoxy) is 4. The molecule has 0 saturated carbocycles. The largest absolute Gasteiger partial charge is 0.472 e. The lowest BCUT2D eigenvalue weighted by molar-refractivity contribution is -0.161. The molecule has 17 nitrogen and oxygen atoms in total. The maximum Gasteiger partial charge on any atom is 0.472 e. The Morgan fingerprint density at radius 2 is 0.541 bits per heavy atom. The summed E-state index contributed by atoms with van der Waals surface area (Å²) in [6, 6.07) is 0. The predicted molar refractivity (Wildman–Crippen MR) is 289 cm³/mol. The molecule has 0 aromatic rings. The third-order valence-corrected chi connectivity index (χ3v) is 14.5. The fraction of sp³-hybridized carbons (Fsp3) is 0.927. The second-order valence-electron chi connectivity index (χ2n) is 20.0. The van der Waals surface area contributed by atoms with Crippen LogP contribution in [0.3, 0.4) is 0 Å². The van der Waals surface area contributed by atoms with Gasteiger partial charge in [0.2, 0.25) is 0 Å². The van der Waals surface area contributed by atoms with Crippen molar-refractivity contribution in [3.8, 4) is 0 Å². The number of phosphoric ester groups is 2. The van der Waals surface area contributed by atoms with Crippen molar-refractivity contribution in [3.05, 3.63) is 0 Å². The number of rotatable bonds is 56. The SMILES string of the molecule is CCCCCCCCCCCC(=O)OC[C@H](COP(=O)(O)OC[C@@H](O)COP(=O)(O)OC[C@@H](COC(=O)CCCCCCCCCC)OC(=O)CCCCCCCCCC)OC(=O)CCCCCCCCCCC. The Morgan fingerprint density at radius 1 is 0.324 bits per heavy atom. The molecule has 0 radical (unpaired) electrons. The number of unbranched alkanes of at least 4 members (excludes halogenated alkanes) is 30. The number of hydrogen-bond donors (Lipinski definition) is 3. The highest BCUT2D eigenvalue weighted by Gasteiger charge is 2.30. The number of hydrogen-bond acceptors (Lipinski definition) is 15. The summed E-state index contributed by atoms with van der Waals surface area (Å²) >= 11 is 0. The summed E-state index contributed by atoms with van der Waals surface area (Å²) in [6.07, 6.45) is 32.2. The molecule has 19 heteroatoms. The van der Waals surface area contributed by atoms with Crippen molar-refractivity contribution in [1.29, 1.82) is 0 Å². The lowest BCUT2D eigenvalue weighted by Gasteiger charge is -2.21. The molecule has 0 rings (SSSR count). The molecule has 0 aliphatic carbocycles. The minimum Gasteiger partial charge on any atom is -0.462 e. The van der Waals surface area contributed by atoms with E-state index in [-0.39, 0.29) is 25.7 Å². The van der Waals surface area contributed by atoms with E-state index in [0.717, 1.165) is 103 Å². The predicted octanol–water partition coefficient (Wildman–Crippen LogP) is 14.4. The summed E-state index contributed by atoms with van der Waals surface area (Å²) in [5.74, 6) is -2.15. The number of phosphoric acid groups is 2. The number of aliphatic hydroxyl groups excluding tert-OH is 1. The van der Waals surface area contributed by atoms with Gasteiger partial charge in [-0.3, -0.25) is 37.3 Å². The Hall–Kier alpha value is -1.94. The molecule has 0 spiro atoms. The molecule has 5 atom stereocenters. The first-order valence-corrected chi connectivity index (χ1v) is 32.3. The first kappa shape index (κ1) is 72.1. The van der Waals surface area contributed by atoms with E-state index in [0.29, 0.717) is 25.7 Å². The van der Waals surface area contributed by atoms with Crippen LogP contribution in [0.4, 0.5) is 0 Å². The maximum absolute atomic E-state index is 12.9. The molecular weight excluding hydrogens is 995 g/mol. The molecule has 0 bridgehead atoms. The lowest BCUT2D eigenvalue weighted by Crippen LogP contribution is -2.30. The van der Waals surface area contributed by atoms with Crippen molar-refractivity contribution in [1.82, 2.24) is 0 Å². The molecule has 0 amide bonds. The average molecular weight is 1100 g/mol. The zero-order valence-electron chi connectivity index (χ0n) is 46.8. The molecule has 0 aromatic heterocycles. The molecule has 438 valence electrons.